The molecule has 1 atom stereocenters. The maximum Gasteiger partial charge on any atom is 0.414 e. The van der Waals surface area contributed by atoms with Gasteiger partial charge in [0.25, 0.3) is 0 Å². The number of urea groups is 1. The van der Waals surface area contributed by atoms with Crippen LogP contribution in [0, 0.1) is 5.92 Å². The summed E-state index contributed by atoms with van der Waals surface area (Å²) in [6, 6.07) is 6.92. The zero-order valence-electron chi connectivity index (χ0n) is 13.3. The van der Waals surface area contributed by atoms with Crippen molar-refractivity contribution < 1.29 is 27.8 Å². The highest BCUT2D eigenvalue weighted by Gasteiger charge is 2.44. The molecule has 1 aliphatic heterocycles. The molecule has 1 aliphatic rings. The number of carbonyl (C=O) groups excluding carboxylic acids is 1. The molecule has 1 saturated heterocycles. The van der Waals surface area contributed by atoms with Crippen LogP contribution in [-0.4, -0.2) is 48.5 Å². The van der Waals surface area contributed by atoms with Gasteiger partial charge in [-0.15, -0.1) is 0 Å². The summed E-state index contributed by atoms with van der Waals surface area (Å²) in [5.41, 5.74) is 0.866. The Labute approximate surface area is 138 Å². The van der Waals surface area contributed by atoms with Crippen molar-refractivity contribution in [3.8, 4) is 5.75 Å². The van der Waals surface area contributed by atoms with Gasteiger partial charge in [-0.25, -0.2) is 4.79 Å². The van der Waals surface area contributed by atoms with E-state index >= 15 is 0 Å². The maximum absolute atomic E-state index is 12.5. The number of nitrogens with one attached hydrogen (secondary N) is 1. The second kappa shape index (κ2) is 7.74. The number of nitrogens with zero attached hydrogens (tertiary/aromatic N) is 1. The van der Waals surface area contributed by atoms with Gasteiger partial charge in [0.2, 0.25) is 0 Å². The maximum atomic E-state index is 12.5. The summed E-state index contributed by atoms with van der Waals surface area (Å²) in [4.78, 5) is 13.6. The van der Waals surface area contributed by atoms with E-state index in [4.69, 9.17) is 4.74 Å². The van der Waals surface area contributed by atoms with Gasteiger partial charge < -0.3 is 20.1 Å². The van der Waals surface area contributed by atoms with Crippen LogP contribution in [0.3, 0.4) is 0 Å². The molecule has 2 amide bonds. The second-order valence-corrected chi connectivity index (χ2v) is 5.82. The lowest BCUT2D eigenvalue weighted by atomic mass is 9.91. The van der Waals surface area contributed by atoms with Crippen molar-refractivity contribution in [1.82, 2.24) is 10.2 Å². The molecule has 1 fully saturated rings. The Morgan fingerprint density at radius 3 is 2.67 bits per heavy atom. The first-order chi connectivity index (χ1) is 11.3. The Hall–Kier alpha value is -1.96. The van der Waals surface area contributed by atoms with E-state index in [0.717, 1.165) is 5.56 Å². The summed E-state index contributed by atoms with van der Waals surface area (Å²) in [6.07, 6.45) is -6.67. The van der Waals surface area contributed by atoms with Crippen LogP contribution in [0.2, 0.25) is 0 Å². The molecule has 5 nitrogen and oxygen atoms in total. The topological polar surface area (TPSA) is 61.8 Å². The number of ether oxygens (including phenoxy) is 1. The van der Waals surface area contributed by atoms with E-state index in [9.17, 15) is 23.1 Å². The number of aliphatic hydroxyl groups excluding tert-OH is 1. The second-order valence-electron chi connectivity index (χ2n) is 5.82. The van der Waals surface area contributed by atoms with Crippen LogP contribution < -0.4 is 10.1 Å². The SMILES string of the molecule is COc1cccc(CNC(=O)N2CCC([C@@H](O)C(F)(F)F)CC2)c1. The van der Waals surface area contributed by atoms with Gasteiger partial charge in [0.15, 0.2) is 6.10 Å². The van der Waals surface area contributed by atoms with E-state index in [0.29, 0.717) is 12.3 Å². The molecule has 0 unspecified atom stereocenters. The number of aliphatic hydroxyl groups is 1. The number of hydrogen-bond acceptors (Lipinski definition) is 3. The van der Waals surface area contributed by atoms with E-state index < -0.39 is 18.2 Å². The fourth-order valence-electron chi connectivity index (χ4n) is 2.76. The van der Waals surface area contributed by atoms with E-state index in [1.54, 1.807) is 19.2 Å². The van der Waals surface area contributed by atoms with E-state index in [1.165, 1.54) is 4.90 Å². The summed E-state index contributed by atoms with van der Waals surface area (Å²) in [7, 11) is 1.55. The van der Waals surface area contributed by atoms with Crippen LogP contribution in [0.5, 0.6) is 5.75 Å². The van der Waals surface area contributed by atoms with E-state index in [-0.39, 0.29) is 32.0 Å². The Balaban J connectivity index is 1.80. The van der Waals surface area contributed by atoms with Gasteiger partial charge >= 0.3 is 12.2 Å². The first-order valence-corrected chi connectivity index (χ1v) is 7.71. The number of halogens is 3. The molecule has 2 N–H and O–H groups in total. The first-order valence-electron chi connectivity index (χ1n) is 7.71. The average molecular weight is 346 g/mol. The van der Waals surface area contributed by atoms with Crippen molar-refractivity contribution in [1.29, 1.82) is 0 Å². The molecule has 0 saturated carbocycles. The average Bonchev–Trinajstić information content (AvgIpc) is 2.58. The minimum absolute atomic E-state index is 0.132. The molecule has 1 aromatic rings. The fraction of sp³-hybridized carbons (Fsp3) is 0.562. The molecule has 1 heterocycles. The van der Waals surface area contributed by atoms with Gasteiger partial charge in [-0.3, -0.25) is 0 Å². The van der Waals surface area contributed by atoms with E-state index in [1.807, 2.05) is 12.1 Å². The lowest BCUT2D eigenvalue weighted by Gasteiger charge is -2.34. The van der Waals surface area contributed by atoms with Gasteiger partial charge in [-0.2, -0.15) is 13.2 Å². The molecule has 0 spiro atoms. The lowest BCUT2D eigenvalue weighted by molar-refractivity contribution is -0.222. The van der Waals surface area contributed by atoms with Gasteiger partial charge in [-0.1, -0.05) is 12.1 Å². The fourth-order valence-corrected chi connectivity index (χ4v) is 2.76. The van der Waals surface area contributed by atoms with Crippen LogP contribution in [0.1, 0.15) is 18.4 Å². The minimum atomic E-state index is -4.61. The third kappa shape index (κ3) is 4.77. The summed E-state index contributed by atoms with van der Waals surface area (Å²) >= 11 is 0. The van der Waals surface area contributed by atoms with Gasteiger partial charge in [0.05, 0.1) is 7.11 Å². The number of methoxy groups -OCH3 is 1. The zero-order valence-corrected chi connectivity index (χ0v) is 13.3. The van der Waals surface area contributed by atoms with Crippen molar-refractivity contribution in [2.75, 3.05) is 20.2 Å². The number of benzene rings is 1. The highest BCUT2D eigenvalue weighted by Crippen LogP contribution is 2.31. The smallest absolute Gasteiger partial charge is 0.414 e. The minimum Gasteiger partial charge on any atom is -0.497 e. The van der Waals surface area contributed by atoms with Crippen LogP contribution in [-0.2, 0) is 6.54 Å². The highest BCUT2D eigenvalue weighted by molar-refractivity contribution is 5.74. The molecule has 0 aliphatic carbocycles. The molecule has 0 radical (unpaired) electrons. The summed E-state index contributed by atoms with van der Waals surface area (Å²) in [5, 5.41) is 12.0. The van der Waals surface area contributed by atoms with Gasteiger partial charge in [0, 0.05) is 19.6 Å². The Morgan fingerprint density at radius 2 is 2.08 bits per heavy atom. The number of hydrogen-bond donors (Lipinski definition) is 2. The Kier molecular flexibility index (Phi) is 5.93. The number of likely N-dealkylation sites (tertiary alicyclic amines) is 1. The molecule has 0 bridgehead atoms. The number of rotatable bonds is 4. The summed E-state index contributed by atoms with van der Waals surface area (Å²) in [6.45, 7) is 0.699. The molecular formula is C16H21F3N2O3. The monoisotopic (exact) mass is 346 g/mol. The van der Waals surface area contributed by atoms with Crippen molar-refractivity contribution in [3.05, 3.63) is 29.8 Å². The predicted molar refractivity (Wildman–Crippen MR) is 81.6 cm³/mol. The Bertz CT molecular complexity index is 558. The lowest BCUT2D eigenvalue weighted by Crippen LogP contribution is -2.48. The quantitative estimate of drug-likeness (QED) is 0.881. The summed E-state index contributed by atoms with van der Waals surface area (Å²) < 4.78 is 42.6. The highest BCUT2D eigenvalue weighted by atomic mass is 19.4. The zero-order chi connectivity index (χ0) is 17.7. The number of carbonyl (C=O) groups is 1. The Morgan fingerprint density at radius 1 is 1.42 bits per heavy atom. The molecule has 0 aromatic heterocycles. The van der Waals surface area contributed by atoms with Crippen molar-refractivity contribution >= 4 is 6.03 Å². The normalized spacial score (nSPS) is 17.5. The molecule has 1 aromatic carbocycles. The molecular weight excluding hydrogens is 325 g/mol. The van der Waals surface area contributed by atoms with Crippen molar-refractivity contribution in [3.63, 3.8) is 0 Å². The molecule has 8 heteroatoms. The first kappa shape index (κ1) is 18.4. The largest absolute Gasteiger partial charge is 0.497 e. The molecule has 2 rings (SSSR count). The standard InChI is InChI=1S/C16H21F3N2O3/c1-24-13-4-2-3-11(9-13)10-20-15(23)21-7-5-12(6-8-21)14(22)16(17,18)19/h2-4,9,12,14,22H,5-8,10H2,1H3,(H,20,23)/t14-/m1/s1. The number of amides is 2. The third-order valence-corrected chi connectivity index (χ3v) is 4.19. The predicted octanol–water partition coefficient (Wildman–Crippen LogP) is 2.54. The third-order valence-electron chi connectivity index (χ3n) is 4.19. The number of alkyl halides is 3. The van der Waals surface area contributed by atoms with Gasteiger partial charge in [-0.05, 0) is 36.5 Å². The van der Waals surface area contributed by atoms with Crippen LogP contribution in [0.15, 0.2) is 24.3 Å². The van der Waals surface area contributed by atoms with Gasteiger partial charge in [0.1, 0.15) is 5.75 Å². The van der Waals surface area contributed by atoms with Crippen molar-refractivity contribution in [2.45, 2.75) is 31.7 Å². The van der Waals surface area contributed by atoms with Crippen molar-refractivity contribution in [2.24, 2.45) is 5.92 Å². The molecule has 24 heavy (non-hydrogen) atoms. The van der Waals surface area contributed by atoms with E-state index in [2.05, 4.69) is 5.32 Å². The van der Waals surface area contributed by atoms with Crippen LogP contribution in [0.25, 0.3) is 0 Å². The number of piperidine rings is 1. The van der Waals surface area contributed by atoms with Crippen LogP contribution in [0.4, 0.5) is 18.0 Å². The summed E-state index contributed by atoms with van der Waals surface area (Å²) in [5.74, 6) is -0.170. The molecule has 134 valence electrons. The van der Waals surface area contributed by atoms with Crippen LogP contribution >= 0.6 is 0 Å².